The standard InChI is InChI=1S/C23H22N2O5S2/c1-2-28-17-8-6-16(7-9-17)24-21(26)4-3-11-25-22(27)20(32-23(25)31)13-15-5-10-18-19(12-15)30-14-29-18/h5-10,12-13H,2-4,11,14H2,1H3,(H,24,26). The van der Waals surface area contributed by atoms with Crippen molar-refractivity contribution >= 4 is 51.9 Å². The van der Waals surface area contributed by atoms with Gasteiger partial charge < -0.3 is 19.5 Å². The topological polar surface area (TPSA) is 77.1 Å². The van der Waals surface area contributed by atoms with Crippen molar-refractivity contribution in [1.82, 2.24) is 4.90 Å². The van der Waals surface area contributed by atoms with Gasteiger partial charge in [-0.05, 0) is 61.4 Å². The third-order valence-electron chi connectivity index (χ3n) is 4.80. The highest BCUT2D eigenvalue weighted by atomic mass is 32.2. The number of thiocarbonyl (C=S) groups is 1. The number of ether oxygens (including phenoxy) is 3. The molecule has 1 fully saturated rings. The molecule has 0 aliphatic carbocycles. The lowest BCUT2D eigenvalue weighted by Crippen LogP contribution is -2.29. The lowest BCUT2D eigenvalue weighted by Gasteiger charge is -2.14. The number of hydrogen-bond donors (Lipinski definition) is 1. The first-order valence-electron chi connectivity index (χ1n) is 10.2. The van der Waals surface area contributed by atoms with E-state index in [9.17, 15) is 9.59 Å². The monoisotopic (exact) mass is 470 g/mol. The van der Waals surface area contributed by atoms with Crippen molar-refractivity contribution in [2.24, 2.45) is 0 Å². The van der Waals surface area contributed by atoms with Crippen LogP contribution < -0.4 is 19.5 Å². The first-order valence-corrected chi connectivity index (χ1v) is 11.4. The second-order valence-electron chi connectivity index (χ2n) is 7.06. The molecular formula is C23H22N2O5S2. The molecule has 166 valence electrons. The Morgan fingerprint density at radius 1 is 1.22 bits per heavy atom. The summed E-state index contributed by atoms with van der Waals surface area (Å²) in [6, 6.07) is 12.7. The molecule has 2 aliphatic rings. The Labute approximate surface area is 195 Å². The van der Waals surface area contributed by atoms with E-state index in [1.165, 1.54) is 11.8 Å². The third kappa shape index (κ3) is 5.23. The van der Waals surface area contributed by atoms with Crippen LogP contribution in [0.25, 0.3) is 6.08 Å². The predicted octanol–water partition coefficient (Wildman–Crippen LogP) is 4.43. The van der Waals surface area contributed by atoms with Crippen LogP contribution in [-0.2, 0) is 9.59 Å². The van der Waals surface area contributed by atoms with Gasteiger partial charge in [-0.2, -0.15) is 0 Å². The van der Waals surface area contributed by atoms with Gasteiger partial charge in [-0.1, -0.05) is 30.0 Å². The largest absolute Gasteiger partial charge is 0.494 e. The van der Waals surface area contributed by atoms with Crippen molar-refractivity contribution in [3.63, 3.8) is 0 Å². The van der Waals surface area contributed by atoms with Crippen molar-refractivity contribution in [3.8, 4) is 17.2 Å². The maximum absolute atomic E-state index is 12.8. The van der Waals surface area contributed by atoms with Gasteiger partial charge in [0.2, 0.25) is 12.7 Å². The molecule has 2 aromatic carbocycles. The van der Waals surface area contributed by atoms with Gasteiger partial charge in [-0.15, -0.1) is 0 Å². The molecule has 4 rings (SSSR count). The molecule has 32 heavy (non-hydrogen) atoms. The molecule has 0 bridgehead atoms. The van der Waals surface area contributed by atoms with E-state index >= 15 is 0 Å². The molecular weight excluding hydrogens is 448 g/mol. The molecule has 9 heteroatoms. The zero-order valence-electron chi connectivity index (χ0n) is 17.5. The Hall–Kier alpha value is -3.04. The van der Waals surface area contributed by atoms with Crippen LogP contribution >= 0.6 is 24.0 Å². The van der Waals surface area contributed by atoms with Crippen molar-refractivity contribution in [2.45, 2.75) is 19.8 Å². The number of nitrogens with zero attached hydrogens (tertiary/aromatic N) is 1. The van der Waals surface area contributed by atoms with Gasteiger partial charge in [-0.25, -0.2) is 0 Å². The van der Waals surface area contributed by atoms with E-state index in [1.807, 2.05) is 37.3 Å². The number of thioether (sulfide) groups is 1. The molecule has 0 atom stereocenters. The van der Waals surface area contributed by atoms with E-state index in [-0.39, 0.29) is 25.0 Å². The number of amides is 2. The van der Waals surface area contributed by atoms with Crippen LogP contribution in [0.2, 0.25) is 0 Å². The van der Waals surface area contributed by atoms with Crippen LogP contribution in [0.15, 0.2) is 47.4 Å². The van der Waals surface area contributed by atoms with Crippen LogP contribution in [0.4, 0.5) is 5.69 Å². The Morgan fingerprint density at radius 2 is 2.00 bits per heavy atom. The van der Waals surface area contributed by atoms with Crippen molar-refractivity contribution in [2.75, 3.05) is 25.3 Å². The highest BCUT2D eigenvalue weighted by molar-refractivity contribution is 8.26. The average molecular weight is 471 g/mol. The van der Waals surface area contributed by atoms with E-state index in [2.05, 4.69) is 5.32 Å². The normalized spacial score (nSPS) is 16.0. The summed E-state index contributed by atoms with van der Waals surface area (Å²) in [7, 11) is 0. The number of hydrogen-bond acceptors (Lipinski definition) is 7. The number of benzene rings is 2. The van der Waals surface area contributed by atoms with Gasteiger partial charge in [0.25, 0.3) is 5.91 Å². The van der Waals surface area contributed by atoms with Gasteiger partial charge in [0.1, 0.15) is 10.1 Å². The number of fused-ring (bicyclic) bond motifs is 1. The summed E-state index contributed by atoms with van der Waals surface area (Å²) in [5.41, 5.74) is 1.54. The number of carbonyl (C=O) groups is 2. The molecule has 2 aromatic rings. The van der Waals surface area contributed by atoms with Crippen molar-refractivity contribution in [3.05, 3.63) is 52.9 Å². The van der Waals surface area contributed by atoms with Gasteiger partial charge in [0.15, 0.2) is 11.5 Å². The zero-order valence-corrected chi connectivity index (χ0v) is 19.1. The van der Waals surface area contributed by atoms with E-state index in [4.69, 9.17) is 26.4 Å². The maximum Gasteiger partial charge on any atom is 0.266 e. The van der Waals surface area contributed by atoms with Gasteiger partial charge in [0.05, 0.1) is 11.5 Å². The fourth-order valence-corrected chi connectivity index (χ4v) is 4.58. The lowest BCUT2D eigenvalue weighted by atomic mass is 10.2. The molecule has 0 spiro atoms. The Bertz CT molecular complexity index is 1070. The summed E-state index contributed by atoms with van der Waals surface area (Å²) in [6.45, 7) is 3.10. The predicted molar refractivity (Wildman–Crippen MR) is 128 cm³/mol. The summed E-state index contributed by atoms with van der Waals surface area (Å²) in [4.78, 5) is 27.1. The summed E-state index contributed by atoms with van der Waals surface area (Å²) in [6.07, 6.45) is 2.58. The summed E-state index contributed by atoms with van der Waals surface area (Å²) >= 11 is 6.64. The van der Waals surface area contributed by atoms with Crippen LogP contribution in [0.1, 0.15) is 25.3 Å². The Morgan fingerprint density at radius 3 is 2.78 bits per heavy atom. The SMILES string of the molecule is CCOc1ccc(NC(=O)CCCN2C(=O)C(=Cc3ccc4c(c3)OCO4)SC2=S)cc1. The Balaban J connectivity index is 1.28. The van der Waals surface area contributed by atoms with E-state index < -0.39 is 0 Å². The van der Waals surface area contributed by atoms with Crippen LogP contribution in [-0.4, -0.2) is 41.0 Å². The number of anilines is 1. The molecule has 2 heterocycles. The second kappa shape index (κ2) is 10.1. The molecule has 0 aromatic heterocycles. The highest BCUT2D eigenvalue weighted by Gasteiger charge is 2.31. The van der Waals surface area contributed by atoms with Crippen LogP contribution in [0, 0.1) is 0 Å². The number of nitrogens with one attached hydrogen (secondary N) is 1. The van der Waals surface area contributed by atoms with Crippen molar-refractivity contribution < 1.29 is 23.8 Å². The third-order valence-corrected chi connectivity index (χ3v) is 6.18. The molecule has 0 radical (unpaired) electrons. The zero-order chi connectivity index (χ0) is 22.5. The highest BCUT2D eigenvalue weighted by Crippen LogP contribution is 2.36. The lowest BCUT2D eigenvalue weighted by molar-refractivity contribution is -0.122. The molecule has 2 aliphatic heterocycles. The second-order valence-corrected chi connectivity index (χ2v) is 8.73. The number of rotatable bonds is 8. The minimum absolute atomic E-state index is 0.115. The molecule has 0 saturated carbocycles. The van der Waals surface area contributed by atoms with Crippen molar-refractivity contribution in [1.29, 1.82) is 0 Å². The Kier molecular flexibility index (Phi) is 6.96. The molecule has 1 saturated heterocycles. The van der Waals surface area contributed by atoms with Crippen LogP contribution in [0.3, 0.4) is 0 Å². The summed E-state index contributed by atoms with van der Waals surface area (Å²) in [5, 5.41) is 2.85. The quantitative estimate of drug-likeness (QED) is 0.452. The van der Waals surface area contributed by atoms with Crippen LogP contribution in [0.5, 0.6) is 17.2 Å². The van der Waals surface area contributed by atoms with E-state index in [0.29, 0.717) is 46.0 Å². The summed E-state index contributed by atoms with van der Waals surface area (Å²) < 4.78 is 16.6. The van der Waals surface area contributed by atoms with Gasteiger partial charge >= 0.3 is 0 Å². The fraction of sp³-hybridized carbons (Fsp3) is 0.261. The average Bonchev–Trinajstić information content (AvgIpc) is 3.34. The molecule has 7 nitrogen and oxygen atoms in total. The molecule has 1 N–H and O–H groups in total. The smallest absolute Gasteiger partial charge is 0.266 e. The first kappa shape index (κ1) is 22.2. The maximum atomic E-state index is 12.8. The van der Waals surface area contributed by atoms with E-state index in [0.717, 1.165) is 11.3 Å². The first-order chi connectivity index (χ1) is 15.5. The molecule has 0 unspecified atom stereocenters. The fourth-order valence-electron chi connectivity index (χ4n) is 3.27. The molecule has 2 amide bonds. The minimum Gasteiger partial charge on any atom is -0.494 e. The minimum atomic E-state index is -0.149. The summed E-state index contributed by atoms with van der Waals surface area (Å²) in [5.74, 6) is 1.85. The van der Waals surface area contributed by atoms with Gasteiger partial charge in [0, 0.05) is 18.7 Å². The number of carbonyl (C=O) groups excluding carboxylic acids is 2. The van der Waals surface area contributed by atoms with E-state index in [1.54, 1.807) is 23.1 Å². The van der Waals surface area contributed by atoms with Gasteiger partial charge in [-0.3, -0.25) is 14.5 Å².